The van der Waals surface area contributed by atoms with E-state index in [4.69, 9.17) is 4.42 Å². The molecule has 7 nitrogen and oxygen atoms in total. The van der Waals surface area contributed by atoms with Crippen molar-refractivity contribution < 1.29 is 22.0 Å². The normalized spacial score (nSPS) is 15.1. The Kier molecular flexibility index (Phi) is 6.62. The quantitative estimate of drug-likeness (QED) is 0.549. The molecule has 4 rings (SSSR count). The van der Waals surface area contributed by atoms with Gasteiger partial charge in [-0.3, -0.25) is 4.79 Å². The van der Waals surface area contributed by atoms with Crippen molar-refractivity contribution in [2.45, 2.75) is 31.6 Å². The van der Waals surface area contributed by atoms with Gasteiger partial charge < -0.3 is 9.32 Å². The molecule has 1 fully saturated rings. The smallest absolute Gasteiger partial charge is 0.243 e. The number of halogens is 1. The number of benzene rings is 2. The van der Waals surface area contributed by atoms with Crippen molar-refractivity contribution in [1.29, 1.82) is 0 Å². The van der Waals surface area contributed by atoms with Crippen LogP contribution < -0.4 is 0 Å². The van der Waals surface area contributed by atoms with Gasteiger partial charge in [0.05, 0.1) is 11.1 Å². The lowest BCUT2D eigenvalue weighted by atomic mass is 10.1. The summed E-state index contributed by atoms with van der Waals surface area (Å²) in [4.78, 5) is 18.6. The summed E-state index contributed by atoms with van der Waals surface area (Å²) in [5.74, 6) is 0.602. The van der Waals surface area contributed by atoms with Crippen molar-refractivity contribution in [3.05, 3.63) is 71.5 Å². The first-order chi connectivity index (χ1) is 15.7. The van der Waals surface area contributed by atoms with E-state index < -0.39 is 15.8 Å². The fraction of sp³-hybridized carbons (Fsp3) is 0.333. The molecule has 2 heterocycles. The maximum Gasteiger partial charge on any atom is 0.243 e. The topological polar surface area (TPSA) is 83.7 Å². The van der Waals surface area contributed by atoms with E-state index >= 15 is 0 Å². The van der Waals surface area contributed by atoms with Gasteiger partial charge in [-0.15, -0.1) is 0 Å². The Labute approximate surface area is 192 Å². The van der Waals surface area contributed by atoms with Gasteiger partial charge in [-0.2, -0.15) is 4.31 Å². The lowest BCUT2D eigenvalue weighted by Gasteiger charge is -2.34. The minimum Gasteiger partial charge on any atom is -0.441 e. The highest BCUT2D eigenvalue weighted by atomic mass is 32.2. The van der Waals surface area contributed by atoms with Gasteiger partial charge >= 0.3 is 0 Å². The molecule has 0 bridgehead atoms. The second kappa shape index (κ2) is 9.44. The van der Waals surface area contributed by atoms with Crippen LogP contribution in [0, 0.1) is 19.7 Å². The molecule has 174 valence electrons. The van der Waals surface area contributed by atoms with E-state index in [-0.39, 0.29) is 30.3 Å². The zero-order valence-electron chi connectivity index (χ0n) is 18.6. The molecular formula is C24H26FN3O4S. The minimum absolute atomic E-state index is 0.0483. The number of hydrogen-bond acceptors (Lipinski definition) is 5. The number of nitrogens with zero attached hydrogens (tertiary/aromatic N) is 3. The molecule has 1 saturated heterocycles. The van der Waals surface area contributed by atoms with Crippen LogP contribution in [-0.4, -0.2) is 54.7 Å². The monoisotopic (exact) mass is 471 g/mol. The SMILES string of the molecule is Cc1ccc(-c2cnc(CCC(=O)N3CCN(S(=O)(=O)c4ccc(F)cc4)CC3)o2)cc1C. The summed E-state index contributed by atoms with van der Waals surface area (Å²) in [6.45, 7) is 5.09. The maximum absolute atomic E-state index is 13.1. The number of carbonyl (C=O) groups is 1. The third-order valence-corrected chi connectivity index (χ3v) is 7.85. The van der Waals surface area contributed by atoms with Crippen molar-refractivity contribution in [3.8, 4) is 11.3 Å². The highest BCUT2D eigenvalue weighted by molar-refractivity contribution is 7.89. The molecule has 2 aromatic carbocycles. The summed E-state index contributed by atoms with van der Waals surface area (Å²) in [5, 5.41) is 0. The molecular weight excluding hydrogens is 445 g/mol. The van der Waals surface area contributed by atoms with Gasteiger partial charge in [0.15, 0.2) is 11.7 Å². The van der Waals surface area contributed by atoms with Gasteiger partial charge in [0.1, 0.15) is 5.82 Å². The molecule has 1 amide bonds. The van der Waals surface area contributed by atoms with Crippen LogP contribution in [0.5, 0.6) is 0 Å². The van der Waals surface area contributed by atoms with E-state index in [2.05, 4.69) is 11.9 Å². The zero-order chi connectivity index (χ0) is 23.6. The molecule has 0 aliphatic carbocycles. The van der Waals surface area contributed by atoms with Gasteiger partial charge in [-0.1, -0.05) is 12.1 Å². The fourth-order valence-corrected chi connectivity index (χ4v) is 5.18. The summed E-state index contributed by atoms with van der Waals surface area (Å²) in [7, 11) is -3.71. The van der Waals surface area contributed by atoms with Crippen LogP contribution in [0.1, 0.15) is 23.4 Å². The van der Waals surface area contributed by atoms with E-state index in [9.17, 15) is 17.6 Å². The number of aryl methyl sites for hydroxylation is 3. The van der Waals surface area contributed by atoms with Crippen molar-refractivity contribution in [1.82, 2.24) is 14.2 Å². The van der Waals surface area contributed by atoms with Crippen molar-refractivity contribution in [2.75, 3.05) is 26.2 Å². The first-order valence-corrected chi connectivity index (χ1v) is 12.2. The highest BCUT2D eigenvalue weighted by Crippen LogP contribution is 2.24. The number of carbonyl (C=O) groups excluding carboxylic acids is 1. The van der Waals surface area contributed by atoms with E-state index in [1.807, 2.05) is 25.1 Å². The van der Waals surface area contributed by atoms with Crippen molar-refractivity contribution >= 4 is 15.9 Å². The fourth-order valence-electron chi connectivity index (χ4n) is 3.76. The van der Waals surface area contributed by atoms with Gasteiger partial charge in [-0.25, -0.2) is 17.8 Å². The lowest BCUT2D eigenvalue weighted by Crippen LogP contribution is -2.50. The molecule has 0 radical (unpaired) electrons. The predicted molar refractivity (Wildman–Crippen MR) is 121 cm³/mol. The summed E-state index contributed by atoms with van der Waals surface area (Å²) < 4.78 is 45.7. The molecule has 0 N–H and O–H groups in total. The van der Waals surface area contributed by atoms with E-state index in [1.165, 1.54) is 27.6 Å². The lowest BCUT2D eigenvalue weighted by molar-refractivity contribution is -0.132. The summed E-state index contributed by atoms with van der Waals surface area (Å²) in [5.41, 5.74) is 3.32. The average molecular weight is 472 g/mol. The number of aromatic nitrogens is 1. The molecule has 0 spiro atoms. The number of piperazine rings is 1. The third kappa shape index (κ3) is 5.15. The van der Waals surface area contributed by atoms with Crippen LogP contribution >= 0.6 is 0 Å². The van der Waals surface area contributed by atoms with Crippen LogP contribution in [-0.2, 0) is 21.2 Å². The standard InChI is InChI=1S/C24H26FN3O4S/c1-17-3-4-19(15-18(17)2)22-16-26-23(32-22)9-10-24(29)27-11-13-28(14-12-27)33(30,31)21-7-5-20(25)6-8-21/h3-8,15-16H,9-14H2,1-2H3. The van der Waals surface area contributed by atoms with E-state index in [1.54, 1.807) is 11.1 Å². The van der Waals surface area contributed by atoms with E-state index in [0.717, 1.165) is 17.7 Å². The Morgan fingerprint density at radius 2 is 1.73 bits per heavy atom. The number of sulfonamides is 1. The molecule has 3 aromatic rings. The van der Waals surface area contributed by atoms with Crippen LogP contribution in [0.3, 0.4) is 0 Å². The predicted octanol–water partition coefficient (Wildman–Crippen LogP) is 3.56. The number of amides is 1. The molecule has 1 aliphatic heterocycles. The Balaban J connectivity index is 1.30. The summed E-state index contributed by atoms with van der Waals surface area (Å²) in [6, 6.07) is 10.8. The van der Waals surface area contributed by atoms with Crippen molar-refractivity contribution in [2.24, 2.45) is 0 Å². The summed E-state index contributed by atoms with van der Waals surface area (Å²) in [6.07, 6.45) is 2.28. The average Bonchev–Trinajstić information content (AvgIpc) is 3.29. The molecule has 33 heavy (non-hydrogen) atoms. The molecule has 0 saturated carbocycles. The van der Waals surface area contributed by atoms with Crippen molar-refractivity contribution in [3.63, 3.8) is 0 Å². The Morgan fingerprint density at radius 3 is 2.39 bits per heavy atom. The maximum atomic E-state index is 13.1. The third-order valence-electron chi connectivity index (χ3n) is 5.94. The molecule has 9 heteroatoms. The van der Waals surface area contributed by atoms with Gasteiger partial charge in [0.25, 0.3) is 0 Å². The molecule has 0 atom stereocenters. The highest BCUT2D eigenvalue weighted by Gasteiger charge is 2.30. The number of rotatable bonds is 6. The first-order valence-electron chi connectivity index (χ1n) is 10.8. The zero-order valence-corrected chi connectivity index (χ0v) is 19.4. The number of hydrogen-bond donors (Lipinski definition) is 0. The Morgan fingerprint density at radius 1 is 1.03 bits per heavy atom. The van der Waals surface area contributed by atoms with Crippen LogP contribution in [0.4, 0.5) is 4.39 Å². The van der Waals surface area contributed by atoms with Gasteiger partial charge in [0, 0.05) is 44.6 Å². The Bertz CT molecular complexity index is 1250. The second-order valence-corrected chi connectivity index (χ2v) is 10.1. The largest absolute Gasteiger partial charge is 0.441 e. The van der Waals surface area contributed by atoms with Crippen LogP contribution in [0.2, 0.25) is 0 Å². The summed E-state index contributed by atoms with van der Waals surface area (Å²) >= 11 is 0. The second-order valence-electron chi connectivity index (χ2n) is 8.16. The molecule has 0 unspecified atom stereocenters. The van der Waals surface area contributed by atoms with Gasteiger partial charge in [-0.05, 0) is 55.3 Å². The van der Waals surface area contributed by atoms with Crippen LogP contribution in [0.25, 0.3) is 11.3 Å². The molecule has 1 aromatic heterocycles. The number of oxazole rings is 1. The first kappa shape index (κ1) is 23.1. The minimum atomic E-state index is -3.71. The Hall–Kier alpha value is -3.04. The van der Waals surface area contributed by atoms with Gasteiger partial charge in [0.2, 0.25) is 15.9 Å². The molecule has 1 aliphatic rings. The van der Waals surface area contributed by atoms with E-state index in [0.29, 0.717) is 31.2 Å². The van der Waals surface area contributed by atoms with Crippen LogP contribution in [0.15, 0.2) is 58.0 Å².